The highest BCUT2D eigenvalue weighted by atomic mass is 16.4. The van der Waals surface area contributed by atoms with Gasteiger partial charge in [0.25, 0.3) is 5.91 Å². The molecule has 0 unspecified atom stereocenters. The van der Waals surface area contributed by atoms with Crippen LogP contribution in [0.2, 0.25) is 0 Å². The van der Waals surface area contributed by atoms with Gasteiger partial charge in [-0.3, -0.25) is 9.59 Å². The van der Waals surface area contributed by atoms with Crippen LogP contribution >= 0.6 is 0 Å². The van der Waals surface area contributed by atoms with E-state index in [1.807, 2.05) is 32.0 Å². The number of aryl methyl sites for hydroxylation is 2. The van der Waals surface area contributed by atoms with Crippen LogP contribution in [0.25, 0.3) is 0 Å². The zero-order valence-electron chi connectivity index (χ0n) is 10.6. The molecule has 0 radical (unpaired) electrons. The topological polar surface area (TPSA) is 57.6 Å². The van der Waals surface area contributed by atoms with Gasteiger partial charge in [-0.25, -0.2) is 0 Å². The Bertz CT molecular complexity index is 490. The van der Waals surface area contributed by atoms with E-state index in [4.69, 9.17) is 5.11 Å². The number of amides is 1. The average Bonchev–Trinajstić information content (AvgIpc) is 2.25. The Morgan fingerprint density at radius 3 is 2.61 bits per heavy atom. The number of carboxylic acid groups (broad SMARTS) is 1. The van der Waals surface area contributed by atoms with Crippen molar-refractivity contribution in [3.63, 3.8) is 0 Å². The number of rotatable bonds is 3. The van der Waals surface area contributed by atoms with Gasteiger partial charge in [-0.05, 0) is 25.5 Å². The average molecular weight is 247 g/mol. The van der Waals surface area contributed by atoms with Gasteiger partial charge in [0.05, 0.1) is 6.42 Å². The van der Waals surface area contributed by atoms with E-state index in [0.717, 1.165) is 16.7 Å². The summed E-state index contributed by atoms with van der Waals surface area (Å²) in [5.41, 5.74) is 2.75. The van der Waals surface area contributed by atoms with Gasteiger partial charge in [0, 0.05) is 24.6 Å². The fraction of sp³-hybridized carbons (Fsp3) is 0.429. The molecule has 1 aromatic carbocycles. The Labute approximate surface area is 106 Å². The zero-order chi connectivity index (χ0) is 13.3. The van der Waals surface area contributed by atoms with Crippen LogP contribution in [-0.4, -0.2) is 35.0 Å². The minimum Gasteiger partial charge on any atom is -0.481 e. The molecular formula is C14H17NO3. The first-order valence-electron chi connectivity index (χ1n) is 6.05. The van der Waals surface area contributed by atoms with E-state index in [0.29, 0.717) is 13.1 Å². The molecule has 2 rings (SSSR count). The predicted molar refractivity (Wildman–Crippen MR) is 67.6 cm³/mol. The lowest BCUT2D eigenvalue weighted by molar-refractivity contribution is -0.139. The molecule has 18 heavy (non-hydrogen) atoms. The molecule has 1 N–H and O–H groups in total. The van der Waals surface area contributed by atoms with Crippen molar-refractivity contribution in [3.8, 4) is 0 Å². The van der Waals surface area contributed by atoms with E-state index in [2.05, 4.69) is 0 Å². The third kappa shape index (κ3) is 2.53. The van der Waals surface area contributed by atoms with Crippen LogP contribution in [0.1, 0.15) is 27.9 Å². The molecule has 4 heteroatoms. The van der Waals surface area contributed by atoms with Gasteiger partial charge < -0.3 is 10.0 Å². The van der Waals surface area contributed by atoms with E-state index >= 15 is 0 Å². The molecule has 0 spiro atoms. The maximum atomic E-state index is 12.2. The number of carboxylic acids is 1. The van der Waals surface area contributed by atoms with Crippen molar-refractivity contribution in [1.29, 1.82) is 0 Å². The van der Waals surface area contributed by atoms with Crippen molar-refractivity contribution >= 4 is 11.9 Å². The SMILES string of the molecule is Cc1ccc(C)c(C(=O)N2CC(CC(=O)O)C2)c1. The first-order valence-corrected chi connectivity index (χ1v) is 6.05. The molecule has 0 aliphatic carbocycles. The molecule has 1 heterocycles. The molecular weight excluding hydrogens is 230 g/mol. The largest absolute Gasteiger partial charge is 0.481 e. The van der Waals surface area contributed by atoms with E-state index in [1.165, 1.54) is 0 Å². The number of carbonyl (C=O) groups is 2. The lowest BCUT2D eigenvalue weighted by atomic mass is 9.94. The second-order valence-electron chi connectivity index (χ2n) is 4.99. The van der Waals surface area contributed by atoms with E-state index in [1.54, 1.807) is 4.90 Å². The van der Waals surface area contributed by atoms with Gasteiger partial charge in [0.1, 0.15) is 0 Å². The molecule has 1 saturated heterocycles. The van der Waals surface area contributed by atoms with Crippen LogP contribution in [0.3, 0.4) is 0 Å². The van der Waals surface area contributed by atoms with Crippen LogP contribution in [0, 0.1) is 19.8 Å². The summed E-state index contributed by atoms with van der Waals surface area (Å²) in [5, 5.41) is 8.67. The minimum absolute atomic E-state index is 0.0119. The van der Waals surface area contributed by atoms with Crippen LogP contribution in [0.15, 0.2) is 18.2 Å². The van der Waals surface area contributed by atoms with Gasteiger partial charge >= 0.3 is 5.97 Å². The maximum Gasteiger partial charge on any atom is 0.303 e. The van der Waals surface area contributed by atoms with Gasteiger partial charge in [0.2, 0.25) is 0 Å². The quantitative estimate of drug-likeness (QED) is 0.886. The summed E-state index contributed by atoms with van der Waals surface area (Å²) >= 11 is 0. The van der Waals surface area contributed by atoms with Crippen molar-refractivity contribution in [2.24, 2.45) is 5.92 Å². The predicted octanol–water partition coefficient (Wildman–Crippen LogP) is 1.85. The summed E-state index contributed by atoms with van der Waals surface area (Å²) in [6.45, 7) is 4.98. The highest BCUT2D eigenvalue weighted by Gasteiger charge is 2.32. The van der Waals surface area contributed by atoms with Crippen molar-refractivity contribution in [2.45, 2.75) is 20.3 Å². The number of carbonyl (C=O) groups excluding carboxylic acids is 1. The maximum absolute atomic E-state index is 12.2. The summed E-state index contributed by atoms with van der Waals surface area (Å²) in [7, 11) is 0. The van der Waals surface area contributed by atoms with Gasteiger partial charge in [-0.15, -0.1) is 0 Å². The third-order valence-corrected chi connectivity index (χ3v) is 3.33. The Morgan fingerprint density at radius 2 is 2.00 bits per heavy atom. The lowest BCUT2D eigenvalue weighted by Crippen LogP contribution is -2.50. The molecule has 1 aliphatic rings. The number of likely N-dealkylation sites (tertiary alicyclic amines) is 1. The van der Waals surface area contributed by atoms with E-state index in [-0.39, 0.29) is 18.2 Å². The highest BCUT2D eigenvalue weighted by molar-refractivity contribution is 5.96. The number of benzene rings is 1. The molecule has 96 valence electrons. The molecule has 0 bridgehead atoms. The fourth-order valence-corrected chi connectivity index (χ4v) is 2.25. The first kappa shape index (κ1) is 12.6. The van der Waals surface area contributed by atoms with Gasteiger partial charge in [-0.2, -0.15) is 0 Å². The van der Waals surface area contributed by atoms with Crippen molar-refractivity contribution in [2.75, 3.05) is 13.1 Å². The van der Waals surface area contributed by atoms with Crippen LogP contribution in [0.4, 0.5) is 0 Å². The minimum atomic E-state index is -0.793. The number of nitrogens with zero attached hydrogens (tertiary/aromatic N) is 1. The number of hydrogen-bond donors (Lipinski definition) is 1. The molecule has 0 atom stereocenters. The second-order valence-corrected chi connectivity index (χ2v) is 4.99. The van der Waals surface area contributed by atoms with Crippen molar-refractivity contribution in [1.82, 2.24) is 4.90 Å². The Hall–Kier alpha value is -1.84. The van der Waals surface area contributed by atoms with E-state index in [9.17, 15) is 9.59 Å². The standard InChI is InChI=1S/C14H17NO3/c1-9-3-4-10(2)12(5-9)14(18)15-7-11(8-15)6-13(16)17/h3-5,11H,6-8H2,1-2H3,(H,16,17). The fourth-order valence-electron chi connectivity index (χ4n) is 2.25. The Kier molecular flexibility index (Phi) is 3.36. The summed E-state index contributed by atoms with van der Waals surface area (Å²) in [4.78, 5) is 24.5. The molecule has 1 aliphatic heterocycles. The van der Waals surface area contributed by atoms with Crippen molar-refractivity contribution in [3.05, 3.63) is 34.9 Å². The molecule has 4 nitrogen and oxygen atoms in total. The summed E-state index contributed by atoms with van der Waals surface area (Å²) in [6.07, 6.45) is 0.149. The second kappa shape index (κ2) is 4.80. The number of hydrogen-bond acceptors (Lipinski definition) is 2. The Balaban J connectivity index is 2.01. The molecule has 1 aromatic rings. The summed E-state index contributed by atoms with van der Waals surface area (Å²) in [5.74, 6) is -0.673. The van der Waals surface area contributed by atoms with Gasteiger partial charge in [-0.1, -0.05) is 17.7 Å². The van der Waals surface area contributed by atoms with Crippen LogP contribution in [-0.2, 0) is 4.79 Å². The van der Waals surface area contributed by atoms with E-state index < -0.39 is 5.97 Å². The van der Waals surface area contributed by atoms with Crippen molar-refractivity contribution < 1.29 is 14.7 Å². The molecule has 1 fully saturated rings. The number of aliphatic carboxylic acids is 1. The first-order chi connectivity index (χ1) is 8.47. The normalized spacial score (nSPS) is 15.3. The highest BCUT2D eigenvalue weighted by Crippen LogP contribution is 2.23. The third-order valence-electron chi connectivity index (χ3n) is 3.33. The van der Waals surface area contributed by atoms with Crippen LogP contribution in [0.5, 0.6) is 0 Å². The lowest BCUT2D eigenvalue weighted by Gasteiger charge is -2.38. The summed E-state index contributed by atoms with van der Waals surface area (Å²) in [6, 6.07) is 5.81. The Morgan fingerprint density at radius 1 is 1.33 bits per heavy atom. The monoisotopic (exact) mass is 247 g/mol. The molecule has 0 saturated carbocycles. The summed E-state index contributed by atoms with van der Waals surface area (Å²) < 4.78 is 0. The zero-order valence-corrected chi connectivity index (χ0v) is 10.6. The smallest absolute Gasteiger partial charge is 0.303 e. The molecule has 0 aromatic heterocycles. The van der Waals surface area contributed by atoms with Crippen LogP contribution < -0.4 is 0 Å². The van der Waals surface area contributed by atoms with Gasteiger partial charge in [0.15, 0.2) is 0 Å². The molecule has 1 amide bonds.